The van der Waals surface area contributed by atoms with Gasteiger partial charge >= 0.3 is 5.97 Å². The fourth-order valence-electron chi connectivity index (χ4n) is 2.21. The van der Waals surface area contributed by atoms with Gasteiger partial charge in [0.2, 0.25) is 0 Å². The smallest absolute Gasteiger partial charge is 0.352 e. The average Bonchev–Trinajstić information content (AvgIpc) is 2.41. The van der Waals surface area contributed by atoms with Crippen molar-refractivity contribution >= 4 is 40.8 Å². The second-order valence-corrected chi connectivity index (χ2v) is 6.66. The van der Waals surface area contributed by atoms with Crippen LogP contribution in [0.3, 0.4) is 0 Å². The molecule has 0 bridgehead atoms. The molecule has 0 spiro atoms. The number of rotatable bonds is 5. The van der Waals surface area contributed by atoms with Crippen molar-refractivity contribution in [3.8, 4) is 0 Å². The van der Waals surface area contributed by atoms with Gasteiger partial charge in [-0.25, -0.2) is 4.79 Å². The summed E-state index contributed by atoms with van der Waals surface area (Å²) in [5.41, 5.74) is 0.0707. The van der Waals surface area contributed by atoms with Crippen LogP contribution < -0.4 is 5.32 Å². The Kier molecular flexibility index (Phi) is 4.49. The number of carbonyl (C=O) groups is 2. The molecule has 0 aliphatic carbocycles. The molecule has 20 heavy (non-hydrogen) atoms. The molecule has 7 heteroatoms. The Hall–Kier alpha value is -1.34. The van der Waals surface area contributed by atoms with Crippen molar-refractivity contribution in [2.75, 3.05) is 0 Å². The molecular formula is C13H16N2O3S2. The van der Waals surface area contributed by atoms with E-state index in [2.05, 4.69) is 11.9 Å². The van der Waals surface area contributed by atoms with Gasteiger partial charge in [0.1, 0.15) is 17.1 Å². The van der Waals surface area contributed by atoms with Crippen LogP contribution in [0.25, 0.3) is 0 Å². The average molecular weight is 312 g/mol. The zero-order chi connectivity index (χ0) is 14.9. The Morgan fingerprint density at radius 3 is 3.00 bits per heavy atom. The van der Waals surface area contributed by atoms with E-state index in [-0.39, 0.29) is 22.2 Å². The fourth-order valence-corrected chi connectivity index (χ4v) is 3.78. The largest absolute Gasteiger partial charge is 0.477 e. The van der Waals surface area contributed by atoms with Crippen molar-refractivity contribution in [2.24, 2.45) is 0 Å². The molecule has 108 valence electrons. The molecule has 2 aliphatic rings. The van der Waals surface area contributed by atoms with Crippen molar-refractivity contribution in [1.82, 2.24) is 10.2 Å². The highest BCUT2D eigenvalue weighted by molar-refractivity contribution is 8.00. The number of nitrogens with one attached hydrogen (secondary N) is 1. The molecule has 5 nitrogen and oxygen atoms in total. The van der Waals surface area contributed by atoms with Crippen LogP contribution in [-0.2, 0) is 9.59 Å². The van der Waals surface area contributed by atoms with Crippen LogP contribution in [0.5, 0.6) is 0 Å². The van der Waals surface area contributed by atoms with E-state index < -0.39 is 12.0 Å². The summed E-state index contributed by atoms with van der Waals surface area (Å²) in [5.74, 6) is -1.30. The molecule has 2 N–H and O–H groups in total. The normalized spacial score (nSPS) is 28.1. The van der Waals surface area contributed by atoms with Crippen molar-refractivity contribution in [3.63, 3.8) is 0 Å². The van der Waals surface area contributed by atoms with Crippen molar-refractivity contribution in [2.45, 2.75) is 36.4 Å². The fraction of sp³-hybridized carbons (Fsp3) is 0.462. The van der Waals surface area contributed by atoms with Crippen molar-refractivity contribution in [3.05, 3.63) is 24.4 Å². The van der Waals surface area contributed by atoms with Gasteiger partial charge in [-0.3, -0.25) is 9.69 Å². The maximum atomic E-state index is 12.1. The number of hydrogen-bond acceptors (Lipinski definition) is 4. The number of aliphatic carboxylic acids is 1. The number of thioether (sulfide) groups is 1. The molecule has 2 heterocycles. The van der Waals surface area contributed by atoms with E-state index in [1.54, 1.807) is 23.9 Å². The summed E-state index contributed by atoms with van der Waals surface area (Å²) in [6.45, 7) is 5.54. The Labute approximate surface area is 127 Å². The molecule has 0 saturated carbocycles. The lowest BCUT2D eigenvalue weighted by atomic mass is 10.0. The van der Waals surface area contributed by atoms with Crippen LogP contribution in [0.1, 0.15) is 19.8 Å². The van der Waals surface area contributed by atoms with E-state index in [9.17, 15) is 9.59 Å². The minimum Gasteiger partial charge on any atom is -0.477 e. The van der Waals surface area contributed by atoms with Gasteiger partial charge in [-0.1, -0.05) is 18.3 Å². The third kappa shape index (κ3) is 2.73. The van der Waals surface area contributed by atoms with E-state index in [4.69, 9.17) is 17.3 Å². The van der Waals surface area contributed by atoms with Crippen LogP contribution in [0, 0.1) is 0 Å². The first-order chi connectivity index (χ1) is 9.45. The Balaban J connectivity index is 2.05. The third-order valence-electron chi connectivity index (χ3n) is 3.16. The van der Waals surface area contributed by atoms with Crippen molar-refractivity contribution < 1.29 is 14.7 Å². The Morgan fingerprint density at radius 1 is 1.70 bits per heavy atom. The van der Waals surface area contributed by atoms with Gasteiger partial charge < -0.3 is 10.4 Å². The number of amides is 1. The second-order valence-electron chi connectivity index (χ2n) is 4.67. The topological polar surface area (TPSA) is 69.6 Å². The summed E-state index contributed by atoms with van der Waals surface area (Å²) >= 11 is 6.74. The Morgan fingerprint density at radius 2 is 2.40 bits per heavy atom. The first-order valence-electron chi connectivity index (χ1n) is 6.29. The summed E-state index contributed by atoms with van der Waals surface area (Å²) < 4.78 is 0. The van der Waals surface area contributed by atoms with Gasteiger partial charge in [-0.2, -0.15) is 0 Å². The zero-order valence-corrected chi connectivity index (χ0v) is 12.7. The number of thiocarbonyl (C=S) groups is 1. The maximum absolute atomic E-state index is 12.1. The first kappa shape index (κ1) is 15.1. The van der Waals surface area contributed by atoms with Crippen molar-refractivity contribution in [1.29, 1.82) is 0 Å². The van der Waals surface area contributed by atoms with Gasteiger partial charge in [0.05, 0.1) is 4.99 Å². The lowest BCUT2D eigenvalue weighted by molar-refractivity contribution is -0.148. The zero-order valence-electron chi connectivity index (χ0n) is 11.0. The Bertz CT molecular complexity index is 504. The molecule has 2 aliphatic heterocycles. The number of fused-ring (bicyclic) bond motifs is 1. The number of carbonyl (C=O) groups excluding carboxylic acids is 1. The van der Waals surface area contributed by atoms with Gasteiger partial charge in [-0.05, 0) is 19.4 Å². The number of carboxylic acids is 1. The molecule has 0 aromatic carbocycles. The highest BCUT2D eigenvalue weighted by atomic mass is 32.2. The predicted molar refractivity (Wildman–Crippen MR) is 82.4 cm³/mol. The summed E-state index contributed by atoms with van der Waals surface area (Å²) in [7, 11) is 0. The van der Waals surface area contributed by atoms with Crippen LogP contribution in [0.15, 0.2) is 24.4 Å². The van der Waals surface area contributed by atoms with Gasteiger partial charge in [0, 0.05) is 11.7 Å². The molecule has 2 unspecified atom stereocenters. The molecule has 3 atom stereocenters. The lowest BCUT2D eigenvalue weighted by Crippen LogP contribution is -2.70. The van der Waals surface area contributed by atoms with Gasteiger partial charge in [-0.15, -0.1) is 18.3 Å². The SMILES string of the molecule is C=CCCC(=S)NC1C(=O)N2C(C(=O)O)=CC(C)S[C@@H]12. The monoisotopic (exact) mass is 312 g/mol. The summed E-state index contributed by atoms with van der Waals surface area (Å²) in [6, 6.07) is -0.428. The molecule has 0 aromatic rings. The molecule has 0 radical (unpaired) electrons. The summed E-state index contributed by atoms with van der Waals surface area (Å²) in [6.07, 6.45) is 4.78. The second kappa shape index (κ2) is 5.97. The summed E-state index contributed by atoms with van der Waals surface area (Å²) in [5, 5.41) is 12.0. The van der Waals surface area contributed by atoms with E-state index in [0.29, 0.717) is 11.4 Å². The molecule has 1 fully saturated rings. The number of hydrogen-bond donors (Lipinski definition) is 2. The highest BCUT2D eigenvalue weighted by Crippen LogP contribution is 2.40. The standard InChI is InChI=1S/C13H16N2O3S2/c1-3-4-5-9(19)14-10-11(16)15-8(13(17)18)6-7(2)20-12(10)15/h3,6-7,10,12H,1,4-5H2,2H3,(H,14,19)(H,17,18)/t7?,10?,12-/m0/s1. The van der Waals surface area contributed by atoms with E-state index in [1.807, 2.05) is 6.92 Å². The van der Waals surface area contributed by atoms with E-state index >= 15 is 0 Å². The van der Waals surface area contributed by atoms with Crippen LogP contribution in [0.2, 0.25) is 0 Å². The number of nitrogens with zero attached hydrogens (tertiary/aromatic N) is 1. The summed E-state index contributed by atoms with van der Waals surface area (Å²) in [4.78, 5) is 25.2. The number of allylic oxidation sites excluding steroid dienone is 1. The van der Waals surface area contributed by atoms with Crippen LogP contribution >= 0.6 is 24.0 Å². The van der Waals surface area contributed by atoms with Crippen LogP contribution in [0.4, 0.5) is 0 Å². The highest BCUT2D eigenvalue weighted by Gasteiger charge is 2.53. The molecule has 1 saturated heterocycles. The van der Waals surface area contributed by atoms with E-state index in [1.165, 1.54) is 4.90 Å². The lowest BCUT2D eigenvalue weighted by Gasteiger charge is -2.49. The number of β-lactam (4-membered cyclic amide) rings is 1. The predicted octanol–water partition coefficient (Wildman–Crippen LogP) is 1.51. The molecule has 0 aromatic heterocycles. The maximum Gasteiger partial charge on any atom is 0.352 e. The minimum atomic E-state index is -1.07. The first-order valence-corrected chi connectivity index (χ1v) is 7.64. The number of carboxylic acid groups (broad SMARTS) is 1. The minimum absolute atomic E-state index is 0.0569. The quantitative estimate of drug-likeness (QED) is 0.456. The molecular weight excluding hydrogens is 296 g/mol. The third-order valence-corrected chi connectivity index (χ3v) is 4.81. The van der Waals surface area contributed by atoms with Gasteiger partial charge in [0.15, 0.2) is 0 Å². The molecule has 1 amide bonds. The van der Waals surface area contributed by atoms with Gasteiger partial charge in [0.25, 0.3) is 5.91 Å². The van der Waals surface area contributed by atoms with E-state index in [0.717, 1.165) is 6.42 Å². The molecule has 2 rings (SSSR count). The van der Waals surface area contributed by atoms with Crippen LogP contribution in [-0.4, -0.2) is 43.5 Å².